The smallest absolute Gasteiger partial charge is 0.325 e. The molecule has 35 heavy (non-hydrogen) atoms. The minimum absolute atomic E-state index is 0.0602. The van der Waals surface area contributed by atoms with Gasteiger partial charge in [-0.3, -0.25) is 19.8 Å². The van der Waals surface area contributed by atoms with Crippen LogP contribution in [0, 0.1) is 10.1 Å². The van der Waals surface area contributed by atoms with E-state index in [-0.39, 0.29) is 24.3 Å². The minimum atomic E-state index is -1.22. The molecule has 0 aliphatic carbocycles. The van der Waals surface area contributed by atoms with Gasteiger partial charge in [-0.1, -0.05) is 72.8 Å². The number of nitrogens with zero attached hydrogens (tertiary/aromatic N) is 2. The quantitative estimate of drug-likeness (QED) is 0.335. The third kappa shape index (κ3) is 5.85. The van der Waals surface area contributed by atoms with Crippen LogP contribution in [0.15, 0.2) is 84.9 Å². The fraction of sp³-hybridized carbons (Fsp3) is 0.296. The second kappa shape index (κ2) is 11.1. The number of carbonyl (C=O) groups is 1. The highest BCUT2D eigenvalue weighted by atomic mass is 16.6. The predicted molar refractivity (Wildman–Crippen MR) is 130 cm³/mol. The molecule has 0 bridgehead atoms. The summed E-state index contributed by atoms with van der Waals surface area (Å²) < 4.78 is 11.9. The molecule has 4 rings (SSSR count). The lowest BCUT2D eigenvalue weighted by atomic mass is 9.84. The van der Waals surface area contributed by atoms with Crippen LogP contribution in [0.3, 0.4) is 0 Å². The Labute approximate surface area is 203 Å². The molecule has 8 heteroatoms. The molecular formula is C27H28N2O6. The predicted octanol–water partition coefficient (Wildman–Crippen LogP) is 4.68. The van der Waals surface area contributed by atoms with Crippen LogP contribution >= 0.6 is 0 Å². The van der Waals surface area contributed by atoms with E-state index in [9.17, 15) is 20.0 Å². The molecule has 0 aromatic heterocycles. The summed E-state index contributed by atoms with van der Waals surface area (Å²) in [6, 6.07) is 24.3. The van der Waals surface area contributed by atoms with Crippen molar-refractivity contribution >= 4 is 11.7 Å². The Morgan fingerprint density at radius 1 is 0.943 bits per heavy atom. The van der Waals surface area contributed by atoms with Crippen molar-refractivity contribution in [2.24, 2.45) is 0 Å². The van der Waals surface area contributed by atoms with Crippen LogP contribution < -0.4 is 4.74 Å². The Bertz CT molecular complexity index is 1090. The first-order valence-corrected chi connectivity index (χ1v) is 11.5. The number of nitro benzene ring substituents is 1. The van der Waals surface area contributed by atoms with Gasteiger partial charge in [0.1, 0.15) is 11.6 Å². The van der Waals surface area contributed by atoms with Crippen molar-refractivity contribution < 1.29 is 24.3 Å². The van der Waals surface area contributed by atoms with Gasteiger partial charge >= 0.3 is 11.7 Å². The van der Waals surface area contributed by atoms with Gasteiger partial charge < -0.3 is 14.6 Å². The van der Waals surface area contributed by atoms with Crippen molar-refractivity contribution in [2.75, 3.05) is 13.2 Å². The van der Waals surface area contributed by atoms with E-state index in [1.165, 1.54) is 12.1 Å². The summed E-state index contributed by atoms with van der Waals surface area (Å²) in [5.74, 6) is -0.984. The number of ether oxygens (including phenoxy) is 2. The molecular weight excluding hydrogens is 448 g/mol. The van der Waals surface area contributed by atoms with E-state index >= 15 is 0 Å². The zero-order valence-electron chi connectivity index (χ0n) is 19.3. The van der Waals surface area contributed by atoms with Crippen molar-refractivity contribution in [3.8, 4) is 5.75 Å². The Morgan fingerprint density at radius 2 is 1.46 bits per heavy atom. The van der Waals surface area contributed by atoms with Gasteiger partial charge in [0.2, 0.25) is 0 Å². The van der Waals surface area contributed by atoms with Crippen LogP contribution in [-0.4, -0.2) is 45.8 Å². The van der Waals surface area contributed by atoms with Crippen molar-refractivity contribution in [2.45, 2.75) is 37.6 Å². The summed E-state index contributed by atoms with van der Waals surface area (Å²) in [5, 5.41) is 22.2. The molecule has 1 N–H and O–H groups in total. The molecule has 1 atom stereocenters. The summed E-state index contributed by atoms with van der Waals surface area (Å²) in [5.41, 5.74) is 0.505. The van der Waals surface area contributed by atoms with Crippen molar-refractivity contribution in [3.63, 3.8) is 0 Å². The fourth-order valence-electron chi connectivity index (χ4n) is 4.65. The maximum atomic E-state index is 12.9. The summed E-state index contributed by atoms with van der Waals surface area (Å²) >= 11 is 0. The van der Waals surface area contributed by atoms with Gasteiger partial charge in [0.15, 0.2) is 5.75 Å². The molecule has 1 saturated heterocycles. The normalized spacial score (nSPS) is 15.9. The number of carboxylic acids is 1. The largest absolute Gasteiger partial charge is 0.480 e. The van der Waals surface area contributed by atoms with Crippen LogP contribution in [0.4, 0.5) is 5.69 Å². The minimum Gasteiger partial charge on any atom is -0.480 e. The van der Waals surface area contributed by atoms with E-state index in [0.29, 0.717) is 26.3 Å². The number of para-hydroxylation sites is 2. The van der Waals surface area contributed by atoms with E-state index in [1.807, 2.05) is 65.6 Å². The molecule has 0 radical (unpaired) electrons. The van der Waals surface area contributed by atoms with E-state index in [0.717, 1.165) is 11.1 Å². The van der Waals surface area contributed by atoms with Crippen molar-refractivity contribution in [3.05, 3.63) is 106 Å². The van der Waals surface area contributed by atoms with Gasteiger partial charge in [-0.25, -0.2) is 0 Å². The Morgan fingerprint density at radius 3 is 1.97 bits per heavy atom. The highest BCUT2D eigenvalue weighted by Gasteiger charge is 2.50. The lowest BCUT2D eigenvalue weighted by Gasteiger charge is -2.45. The highest BCUT2D eigenvalue weighted by Crippen LogP contribution is 2.38. The lowest BCUT2D eigenvalue weighted by molar-refractivity contribution is -0.386. The standard InChI is InChI=1S/C27H28N2O6/c30-26(31)25(28(19-21-9-3-1-4-10-21)20-22-11-5-2-6-12-22)27(15-17-34-18-16-27)35-24-14-8-7-13-23(24)29(32)33/h1-14,25H,15-20H2,(H,30,31). The number of carboxylic acid groups (broad SMARTS) is 1. The van der Waals surface area contributed by atoms with E-state index in [1.54, 1.807) is 12.1 Å². The van der Waals surface area contributed by atoms with Gasteiger partial charge in [-0.2, -0.15) is 0 Å². The van der Waals surface area contributed by atoms with E-state index < -0.39 is 22.5 Å². The topological polar surface area (TPSA) is 102 Å². The van der Waals surface area contributed by atoms with Crippen LogP contribution in [0.25, 0.3) is 0 Å². The van der Waals surface area contributed by atoms with Gasteiger partial charge in [0, 0.05) is 32.0 Å². The molecule has 8 nitrogen and oxygen atoms in total. The number of benzene rings is 3. The molecule has 1 fully saturated rings. The zero-order valence-corrected chi connectivity index (χ0v) is 19.3. The molecule has 1 unspecified atom stereocenters. The molecule has 1 aliphatic heterocycles. The molecule has 0 saturated carbocycles. The summed E-state index contributed by atoms with van der Waals surface area (Å²) in [6.45, 7) is 1.34. The summed E-state index contributed by atoms with van der Waals surface area (Å²) in [6.07, 6.45) is 0.576. The molecule has 0 amide bonds. The van der Waals surface area contributed by atoms with Crippen molar-refractivity contribution in [1.82, 2.24) is 4.90 Å². The van der Waals surface area contributed by atoms with Crippen molar-refractivity contribution in [1.29, 1.82) is 0 Å². The molecule has 182 valence electrons. The van der Waals surface area contributed by atoms with Crippen LogP contribution in [0.5, 0.6) is 5.75 Å². The fourth-order valence-corrected chi connectivity index (χ4v) is 4.65. The maximum absolute atomic E-state index is 12.9. The SMILES string of the molecule is O=C(O)C(N(Cc1ccccc1)Cc1ccccc1)C1(Oc2ccccc2[N+](=O)[O-])CCOCC1. The third-order valence-corrected chi connectivity index (χ3v) is 6.27. The lowest BCUT2D eigenvalue weighted by Crippen LogP contribution is -2.61. The van der Waals surface area contributed by atoms with Gasteiger partial charge in [0.25, 0.3) is 0 Å². The molecule has 0 spiro atoms. The number of rotatable bonds is 10. The van der Waals surface area contributed by atoms with Crippen LogP contribution in [-0.2, 0) is 22.6 Å². The molecule has 1 heterocycles. The van der Waals surface area contributed by atoms with Crippen LogP contribution in [0.2, 0.25) is 0 Å². The monoisotopic (exact) mass is 476 g/mol. The number of hydrogen-bond donors (Lipinski definition) is 1. The summed E-state index contributed by atoms with van der Waals surface area (Å²) in [4.78, 5) is 26.0. The highest BCUT2D eigenvalue weighted by molar-refractivity contribution is 5.75. The van der Waals surface area contributed by atoms with Gasteiger partial charge in [-0.05, 0) is 17.2 Å². The second-order valence-corrected chi connectivity index (χ2v) is 8.62. The number of hydrogen-bond acceptors (Lipinski definition) is 6. The maximum Gasteiger partial charge on any atom is 0.325 e. The summed E-state index contributed by atoms with van der Waals surface area (Å²) in [7, 11) is 0. The molecule has 3 aromatic rings. The zero-order chi connectivity index (χ0) is 24.7. The molecule has 1 aliphatic rings. The Hall–Kier alpha value is -3.75. The average Bonchev–Trinajstić information content (AvgIpc) is 2.86. The first-order chi connectivity index (χ1) is 17.0. The van der Waals surface area contributed by atoms with E-state index in [2.05, 4.69) is 0 Å². The second-order valence-electron chi connectivity index (χ2n) is 8.62. The van der Waals surface area contributed by atoms with Gasteiger partial charge in [0.05, 0.1) is 18.1 Å². The number of nitro groups is 1. The van der Waals surface area contributed by atoms with E-state index in [4.69, 9.17) is 9.47 Å². The number of aliphatic carboxylic acids is 1. The first-order valence-electron chi connectivity index (χ1n) is 11.5. The third-order valence-electron chi connectivity index (χ3n) is 6.27. The van der Waals surface area contributed by atoms with Gasteiger partial charge in [-0.15, -0.1) is 0 Å². The Balaban J connectivity index is 1.77. The van der Waals surface area contributed by atoms with Crippen LogP contribution in [0.1, 0.15) is 24.0 Å². The molecule has 3 aromatic carbocycles. The Kier molecular flexibility index (Phi) is 7.74. The first kappa shape index (κ1) is 24.4. The average molecular weight is 477 g/mol.